The van der Waals surface area contributed by atoms with Crippen molar-refractivity contribution in [2.75, 3.05) is 53.5 Å². The molecule has 0 unspecified atom stereocenters. The van der Waals surface area contributed by atoms with Gasteiger partial charge in [0.05, 0.1) is 36.7 Å². The van der Waals surface area contributed by atoms with Crippen LogP contribution >= 0.6 is 23.5 Å². The number of hydrogen-bond donors (Lipinski definition) is 0. The van der Waals surface area contributed by atoms with Gasteiger partial charge < -0.3 is 19.3 Å². The van der Waals surface area contributed by atoms with E-state index in [9.17, 15) is 0 Å². The Morgan fingerprint density at radius 1 is 0.719 bits per heavy atom. The molecule has 10 heteroatoms. The van der Waals surface area contributed by atoms with E-state index >= 15 is 0 Å². The molecule has 0 saturated heterocycles. The predicted octanol–water partition coefficient (Wildman–Crippen LogP) is 3.85. The van der Waals surface area contributed by atoms with E-state index in [0.717, 1.165) is 76.1 Å². The second-order valence-electron chi connectivity index (χ2n) is 8.46. The molecule has 4 rings (SSSR count). The van der Waals surface area contributed by atoms with Crippen molar-refractivity contribution in [2.45, 2.75) is 38.5 Å². The van der Waals surface area contributed by atoms with Crippen LogP contribution in [-0.4, -0.2) is 80.8 Å². The molecule has 0 N–H and O–H groups in total. The summed E-state index contributed by atoms with van der Waals surface area (Å²) in [5, 5.41) is 0. The fourth-order valence-corrected chi connectivity index (χ4v) is 5.03. The molecule has 0 radical (unpaired) electrons. The van der Waals surface area contributed by atoms with E-state index in [-0.39, 0.29) is 0 Å². The van der Waals surface area contributed by atoms with E-state index in [4.69, 9.17) is 9.47 Å². The first kappa shape index (κ1) is 23.3. The number of rotatable bonds is 11. The number of ether oxygens (including phenoxy) is 2. The summed E-state index contributed by atoms with van der Waals surface area (Å²) in [4.78, 5) is 4.60. The number of unbranched alkanes of at least 4 members (excludes halogenated alkanes) is 3. The zero-order chi connectivity index (χ0) is 22.2. The smallest absolute Gasteiger partial charge is 0.253 e. The lowest BCUT2D eigenvalue weighted by Crippen LogP contribution is -2.25. The molecule has 2 aliphatic rings. The van der Waals surface area contributed by atoms with E-state index in [1.54, 1.807) is 0 Å². The molecular weight excluding hydrogens is 444 g/mol. The maximum Gasteiger partial charge on any atom is 0.253 e. The van der Waals surface area contributed by atoms with Crippen LogP contribution in [0.4, 0.5) is 0 Å². The number of nitrogens with zero attached hydrogens (tertiary/aromatic N) is 6. The Morgan fingerprint density at radius 2 is 1.19 bits per heavy atom. The highest BCUT2D eigenvalue weighted by molar-refractivity contribution is 6.99. The average Bonchev–Trinajstić information content (AvgIpc) is 3.45. The first-order valence-electron chi connectivity index (χ1n) is 11.4. The molecule has 8 nitrogen and oxygen atoms in total. The van der Waals surface area contributed by atoms with Gasteiger partial charge in [0.1, 0.15) is 11.4 Å². The third kappa shape index (κ3) is 6.34. The van der Waals surface area contributed by atoms with E-state index in [1.807, 2.05) is 0 Å². The first-order valence-corrected chi connectivity index (χ1v) is 12.8. The highest BCUT2D eigenvalue weighted by Gasteiger charge is 2.19. The van der Waals surface area contributed by atoms with Crippen LogP contribution in [0.15, 0.2) is 12.2 Å². The summed E-state index contributed by atoms with van der Waals surface area (Å²) in [7, 11) is 4.27. The van der Waals surface area contributed by atoms with Crippen LogP contribution in [0.3, 0.4) is 0 Å². The summed E-state index contributed by atoms with van der Waals surface area (Å²) in [6.07, 6.45) is 10.8. The lowest BCUT2D eigenvalue weighted by atomic mass is 10.1. The largest absolute Gasteiger partial charge is 0.475 e. The fraction of sp³-hybridized carbons (Fsp3) is 0.636. The molecule has 0 bridgehead atoms. The van der Waals surface area contributed by atoms with Crippen molar-refractivity contribution in [3.8, 4) is 11.8 Å². The summed E-state index contributed by atoms with van der Waals surface area (Å²) in [5.41, 5.74) is 4.29. The first-order chi connectivity index (χ1) is 15.7. The van der Waals surface area contributed by atoms with Crippen molar-refractivity contribution in [3.63, 3.8) is 0 Å². The zero-order valence-electron chi connectivity index (χ0n) is 19.0. The predicted molar refractivity (Wildman–Crippen MR) is 129 cm³/mol. The normalized spacial score (nSPS) is 17.8. The molecule has 0 atom stereocenters. The van der Waals surface area contributed by atoms with Gasteiger partial charge in [-0.05, 0) is 63.8 Å². The summed E-state index contributed by atoms with van der Waals surface area (Å²) in [5.74, 6) is 1.37. The molecule has 2 aromatic heterocycles. The maximum atomic E-state index is 5.94. The molecular formula is C22H32N6O2S2. The molecule has 2 aromatic rings. The van der Waals surface area contributed by atoms with Gasteiger partial charge in [-0.3, -0.25) is 0 Å². The monoisotopic (exact) mass is 476 g/mol. The van der Waals surface area contributed by atoms with Crippen LogP contribution in [0.2, 0.25) is 0 Å². The molecule has 0 fully saturated rings. The van der Waals surface area contributed by atoms with Crippen LogP contribution in [0.1, 0.15) is 49.9 Å². The van der Waals surface area contributed by atoms with Gasteiger partial charge in [-0.2, -0.15) is 8.75 Å². The van der Waals surface area contributed by atoms with Crippen LogP contribution in [0, 0.1) is 0 Å². The molecule has 2 aliphatic heterocycles. The Kier molecular flexibility index (Phi) is 8.61. The third-order valence-electron chi connectivity index (χ3n) is 5.73. The Hall–Kier alpha value is -1.88. The van der Waals surface area contributed by atoms with Crippen molar-refractivity contribution in [2.24, 2.45) is 0 Å². The minimum Gasteiger partial charge on any atom is -0.475 e. The van der Waals surface area contributed by atoms with Crippen LogP contribution in [-0.2, 0) is 0 Å². The second kappa shape index (κ2) is 11.8. The Balaban J connectivity index is 1.12. The number of hydrogen-bond acceptors (Lipinski definition) is 10. The van der Waals surface area contributed by atoms with Gasteiger partial charge in [0.25, 0.3) is 11.8 Å². The lowest BCUT2D eigenvalue weighted by Gasteiger charge is -2.22. The van der Waals surface area contributed by atoms with Gasteiger partial charge in [-0.1, -0.05) is 12.2 Å². The highest BCUT2D eigenvalue weighted by atomic mass is 32.1. The topological polar surface area (TPSA) is 76.5 Å². The third-order valence-corrected chi connectivity index (χ3v) is 6.75. The van der Waals surface area contributed by atoms with Crippen molar-refractivity contribution < 1.29 is 9.47 Å². The Bertz CT molecular complexity index is 851. The van der Waals surface area contributed by atoms with Crippen molar-refractivity contribution in [3.05, 3.63) is 23.5 Å². The summed E-state index contributed by atoms with van der Waals surface area (Å²) >= 11 is 2.46. The molecule has 0 amide bonds. The van der Waals surface area contributed by atoms with Gasteiger partial charge in [0.2, 0.25) is 0 Å². The van der Waals surface area contributed by atoms with E-state index in [1.165, 1.54) is 34.6 Å². The van der Waals surface area contributed by atoms with E-state index in [2.05, 4.69) is 53.5 Å². The Labute approximate surface area is 198 Å². The zero-order valence-corrected chi connectivity index (χ0v) is 20.6. The number of aromatic nitrogens is 4. The fourth-order valence-electron chi connectivity index (χ4n) is 3.97. The van der Waals surface area contributed by atoms with Gasteiger partial charge in [-0.15, -0.1) is 8.75 Å². The van der Waals surface area contributed by atoms with E-state index in [0.29, 0.717) is 25.0 Å². The molecule has 4 heterocycles. The standard InChI is InChI=1S/C22H32N6O2S2/c1-27-11-7-9-17(15-27)19-21(25-31-23-19)29-13-5-3-4-6-14-30-22-20(24-32-26-22)18-10-8-12-28(2)16-18/h9-10H,3-8,11-16H2,1-2H3. The van der Waals surface area contributed by atoms with Crippen LogP contribution < -0.4 is 9.47 Å². The summed E-state index contributed by atoms with van der Waals surface area (Å²) < 4.78 is 29.5. The van der Waals surface area contributed by atoms with Crippen LogP contribution in [0.5, 0.6) is 11.8 Å². The second-order valence-corrected chi connectivity index (χ2v) is 9.52. The average molecular weight is 477 g/mol. The summed E-state index contributed by atoms with van der Waals surface area (Å²) in [6.45, 7) is 5.35. The lowest BCUT2D eigenvalue weighted by molar-refractivity contribution is 0.278. The minimum absolute atomic E-state index is 0.671. The molecule has 0 spiro atoms. The molecule has 0 saturated carbocycles. The van der Waals surface area contributed by atoms with Crippen molar-refractivity contribution >= 4 is 34.6 Å². The Morgan fingerprint density at radius 3 is 1.62 bits per heavy atom. The SMILES string of the molecule is CN1CCC=C(c2nsnc2OCCCCCCOc2nsnc2C2=CCCN(C)C2)C1. The number of likely N-dealkylation sites (N-methyl/N-ethyl adjacent to an activating group) is 2. The van der Waals surface area contributed by atoms with E-state index < -0.39 is 0 Å². The minimum atomic E-state index is 0.671. The maximum absolute atomic E-state index is 5.94. The van der Waals surface area contributed by atoms with Crippen LogP contribution in [0.25, 0.3) is 11.1 Å². The molecule has 0 aliphatic carbocycles. The van der Waals surface area contributed by atoms with Gasteiger partial charge in [0, 0.05) is 26.2 Å². The molecule has 32 heavy (non-hydrogen) atoms. The molecule has 174 valence electrons. The highest BCUT2D eigenvalue weighted by Crippen LogP contribution is 2.28. The van der Waals surface area contributed by atoms with Gasteiger partial charge in [-0.25, -0.2) is 0 Å². The van der Waals surface area contributed by atoms with Gasteiger partial charge >= 0.3 is 0 Å². The van der Waals surface area contributed by atoms with Gasteiger partial charge in [0.15, 0.2) is 0 Å². The van der Waals surface area contributed by atoms with Crippen molar-refractivity contribution in [1.82, 2.24) is 27.3 Å². The van der Waals surface area contributed by atoms with Crippen molar-refractivity contribution in [1.29, 1.82) is 0 Å². The summed E-state index contributed by atoms with van der Waals surface area (Å²) in [6, 6.07) is 0. The quantitative estimate of drug-likeness (QED) is 0.453. The molecule has 0 aromatic carbocycles.